The Labute approximate surface area is 213 Å². The van der Waals surface area contributed by atoms with E-state index in [2.05, 4.69) is 4.90 Å². The summed E-state index contributed by atoms with van der Waals surface area (Å²) >= 11 is 13.7. The molecular weight excluding hydrogens is 505 g/mol. The van der Waals surface area contributed by atoms with Gasteiger partial charge in [0.1, 0.15) is 5.75 Å². The molecule has 1 aliphatic heterocycles. The highest BCUT2D eigenvalue weighted by Gasteiger charge is 2.22. The van der Waals surface area contributed by atoms with Crippen LogP contribution in [0.2, 0.25) is 10.0 Å². The molecule has 1 amide bonds. The second kappa shape index (κ2) is 12.2. The molecule has 0 spiro atoms. The summed E-state index contributed by atoms with van der Waals surface area (Å²) in [4.78, 5) is 22.0. The van der Waals surface area contributed by atoms with Crippen molar-refractivity contribution in [2.45, 2.75) is 13.3 Å². The van der Waals surface area contributed by atoms with Gasteiger partial charge in [0.25, 0.3) is 5.91 Å². The molecule has 178 valence electrons. The van der Waals surface area contributed by atoms with Gasteiger partial charge in [0.15, 0.2) is 11.7 Å². The molecule has 2 heterocycles. The highest BCUT2D eigenvalue weighted by molar-refractivity contribution is 7.22. The number of nitrogens with zero attached hydrogens (tertiary/aromatic N) is 3. The molecule has 0 radical (unpaired) electrons. The molecule has 33 heavy (non-hydrogen) atoms. The number of morpholine rings is 1. The minimum absolute atomic E-state index is 0. The lowest BCUT2D eigenvalue weighted by atomic mass is 10.2. The molecule has 0 bridgehead atoms. The average molecular weight is 531 g/mol. The van der Waals surface area contributed by atoms with Crippen LogP contribution in [0, 0.1) is 6.92 Å². The summed E-state index contributed by atoms with van der Waals surface area (Å²) in [6.07, 6.45) is 0.836. The van der Waals surface area contributed by atoms with E-state index in [9.17, 15) is 4.79 Å². The van der Waals surface area contributed by atoms with Crippen molar-refractivity contribution >= 4 is 68.2 Å². The fourth-order valence-corrected chi connectivity index (χ4v) is 4.91. The maximum Gasteiger partial charge on any atom is 0.266 e. The van der Waals surface area contributed by atoms with Gasteiger partial charge in [-0.15, -0.1) is 12.4 Å². The van der Waals surface area contributed by atoms with Crippen molar-refractivity contribution in [1.82, 2.24) is 9.88 Å². The van der Waals surface area contributed by atoms with Crippen molar-refractivity contribution < 1.29 is 14.3 Å². The number of carbonyl (C=O) groups excluding carboxylic acids is 1. The summed E-state index contributed by atoms with van der Waals surface area (Å²) < 4.78 is 12.1. The maximum atomic E-state index is 13.2. The summed E-state index contributed by atoms with van der Waals surface area (Å²) in [6.45, 7) is 6.70. The number of ether oxygens (including phenoxy) is 2. The second-order valence-corrected chi connectivity index (χ2v) is 9.46. The molecule has 2 aromatic carbocycles. The fourth-order valence-electron chi connectivity index (χ4n) is 3.56. The average Bonchev–Trinajstić information content (AvgIpc) is 3.24. The van der Waals surface area contributed by atoms with E-state index >= 15 is 0 Å². The summed E-state index contributed by atoms with van der Waals surface area (Å²) in [5.41, 5.74) is 1.76. The standard InChI is InChI=1S/C23H25Cl2N3O3S.ClH/c1-16-19(25)7-8-20-22(16)26-23(32-20)28(10-2-9-27-11-13-30-14-12-27)21(29)15-31-18-5-3-17(24)4-6-18;/h3-8H,2,9-15H2,1H3;1H. The molecule has 0 N–H and O–H groups in total. The number of hydrogen-bond acceptors (Lipinski definition) is 6. The Balaban J connectivity index is 0.00000306. The lowest BCUT2D eigenvalue weighted by Gasteiger charge is -2.27. The zero-order chi connectivity index (χ0) is 22.5. The Kier molecular flexibility index (Phi) is 9.61. The number of hydrogen-bond donors (Lipinski definition) is 0. The number of carbonyl (C=O) groups is 1. The molecular formula is C23H26Cl3N3O3S. The Morgan fingerprint density at radius 2 is 1.91 bits per heavy atom. The van der Waals surface area contributed by atoms with Crippen LogP contribution in [0.25, 0.3) is 10.2 Å². The summed E-state index contributed by atoms with van der Waals surface area (Å²) in [7, 11) is 0. The third-order valence-electron chi connectivity index (χ3n) is 5.40. The van der Waals surface area contributed by atoms with Crippen LogP contribution < -0.4 is 9.64 Å². The lowest BCUT2D eigenvalue weighted by molar-refractivity contribution is -0.120. The molecule has 1 aromatic heterocycles. The first-order valence-electron chi connectivity index (χ1n) is 10.6. The monoisotopic (exact) mass is 529 g/mol. The fraction of sp³-hybridized carbons (Fsp3) is 0.391. The highest BCUT2D eigenvalue weighted by atomic mass is 35.5. The van der Waals surface area contributed by atoms with E-state index in [1.54, 1.807) is 29.2 Å². The first-order chi connectivity index (χ1) is 15.5. The third-order valence-corrected chi connectivity index (χ3v) is 7.11. The maximum absolute atomic E-state index is 13.2. The van der Waals surface area contributed by atoms with Crippen LogP contribution in [0.4, 0.5) is 5.13 Å². The van der Waals surface area contributed by atoms with Crippen LogP contribution in [0.5, 0.6) is 5.75 Å². The van der Waals surface area contributed by atoms with E-state index in [1.165, 1.54) is 11.3 Å². The number of aryl methyl sites for hydroxylation is 1. The largest absolute Gasteiger partial charge is 0.484 e. The summed E-state index contributed by atoms with van der Waals surface area (Å²) in [5.74, 6) is 0.465. The van der Waals surface area contributed by atoms with Gasteiger partial charge in [-0.3, -0.25) is 14.6 Å². The number of rotatable bonds is 8. The van der Waals surface area contributed by atoms with E-state index in [1.807, 2.05) is 19.1 Å². The van der Waals surface area contributed by atoms with Crippen LogP contribution in [0.15, 0.2) is 36.4 Å². The number of fused-ring (bicyclic) bond motifs is 1. The van der Waals surface area contributed by atoms with Crippen molar-refractivity contribution in [2.24, 2.45) is 0 Å². The number of amides is 1. The molecule has 1 saturated heterocycles. The molecule has 10 heteroatoms. The molecule has 1 aliphatic rings. The molecule has 3 aromatic rings. The van der Waals surface area contributed by atoms with Gasteiger partial charge in [-0.2, -0.15) is 0 Å². The number of thiazole rings is 1. The molecule has 6 nitrogen and oxygen atoms in total. The predicted molar refractivity (Wildman–Crippen MR) is 138 cm³/mol. The van der Waals surface area contributed by atoms with Gasteiger partial charge in [0.05, 0.1) is 23.4 Å². The number of halogens is 3. The normalized spacial score (nSPS) is 14.2. The van der Waals surface area contributed by atoms with Gasteiger partial charge >= 0.3 is 0 Å². The Morgan fingerprint density at radius 3 is 2.64 bits per heavy atom. The van der Waals surface area contributed by atoms with E-state index in [4.69, 9.17) is 37.7 Å². The second-order valence-electron chi connectivity index (χ2n) is 7.61. The molecule has 1 fully saturated rings. The van der Waals surface area contributed by atoms with Crippen LogP contribution >= 0.6 is 46.9 Å². The molecule has 0 unspecified atom stereocenters. The van der Waals surface area contributed by atoms with Gasteiger partial charge in [-0.05, 0) is 55.3 Å². The van der Waals surface area contributed by atoms with Crippen molar-refractivity contribution in [1.29, 1.82) is 0 Å². The lowest BCUT2D eigenvalue weighted by Crippen LogP contribution is -2.40. The van der Waals surface area contributed by atoms with Crippen LogP contribution in [-0.4, -0.2) is 61.8 Å². The van der Waals surface area contributed by atoms with Gasteiger partial charge in [-0.25, -0.2) is 4.98 Å². The van der Waals surface area contributed by atoms with Crippen molar-refractivity contribution in [3.8, 4) is 5.75 Å². The molecule has 0 atom stereocenters. The first-order valence-corrected chi connectivity index (χ1v) is 12.1. The minimum Gasteiger partial charge on any atom is -0.484 e. The zero-order valence-electron chi connectivity index (χ0n) is 18.3. The van der Waals surface area contributed by atoms with E-state index in [-0.39, 0.29) is 24.9 Å². The van der Waals surface area contributed by atoms with Crippen LogP contribution in [-0.2, 0) is 9.53 Å². The minimum atomic E-state index is -0.135. The quantitative estimate of drug-likeness (QED) is 0.387. The van der Waals surface area contributed by atoms with E-state index < -0.39 is 0 Å². The Morgan fingerprint density at radius 1 is 1.18 bits per heavy atom. The summed E-state index contributed by atoms with van der Waals surface area (Å²) in [6, 6.07) is 10.8. The van der Waals surface area contributed by atoms with E-state index in [0.717, 1.165) is 55.0 Å². The predicted octanol–water partition coefficient (Wildman–Crippen LogP) is 5.47. The highest BCUT2D eigenvalue weighted by Crippen LogP contribution is 2.33. The van der Waals surface area contributed by atoms with Crippen molar-refractivity contribution in [2.75, 3.05) is 50.9 Å². The number of anilines is 1. The van der Waals surface area contributed by atoms with Gasteiger partial charge in [0.2, 0.25) is 0 Å². The topological polar surface area (TPSA) is 54.9 Å². The third kappa shape index (κ3) is 6.72. The number of benzene rings is 2. The summed E-state index contributed by atoms with van der Waals surface area (Å²) in [5, 5.41) is 1.96. The van der Waals surface area contributed by atoms with Gasteiger partial charge in [-0.1, -0.05) is 34.5 Å². The van der Waals surface area contributed by atoms with Gasteiger partial charge < -0.3 is 9.47 Å². The number of aromatic nitrogens is 1. The Hall–Kier alpha value is -1.61. The molecule has 4 rings (SSSR count). The first kappa shape index (κ1) is 26.0. The molecule has 0 saturated carbocycles. The van der Waals surface area contributed by atoms with Crippen LogP contribution in [0.1, 0.15) is 12.0 Å². The van der Waals surface area contributed by atoms with Crippen molar-refractivity contribution in [3.63, 3.8) is 0 Å². The van der Waals surface area contributed by atoms with Gasteiger partial charge in [0, 0.05) is 36.2 Å². The van der Waals surface area contributed by atoms with E-state index in [0.29, 0.717) is 27.5 Å². The Bertz CT molecular complexity index is 1070. The SMILES string of the molecule is Cc1c(Cl)ccc2sc(N(CCCN3CCOCC3)C(=O)COc3ccc(Cl)cc3)nc12.Cl. The zero-order valence-corrected chi connectivity index (χ0v) is 21.4. The smallest absolute Gasteiger partial charge is 0.266 e. The van der Waals surface area contributed by atoms with Crippen molar-refractivity contribution in [3.05, 3.63) is 52.0 Å². The molecule has 0 aliphatic carbocycles. The van der Waals surface area contributed by atoms with Crippen LogP contribution in [0.3, 0.4) is 0 Å².